The number of carbonyl (C=O) groups excluding carboxylic acids is 1. The number of rotatable bonds is 3. The topological polar surface area (TPSA) is 52.1 Å². The molecule has 0 saturated heterocycles. The van der Waals surface area contributed by atoms with Crippen molar-refractivity contribution in [2.75, 3.05) is 12.5 Å². The maximum atomic E-state index is 11.1. The molecule has 0 unspecified atom stereocenters. The van der Waals surface area contributed by atoms with Gasteiger partial charge >= 0.3 is 5.97 Å². The lowest BCUT2D eigenvalue weighted by Gasteiger charge is -1.97. The molecule has 0 atom stereocenters. The Morgan fingerprint density at radius 2 is 2.50 bits per heavy atom. The van der Waals surface area contributed by atoms with Crippen LogP contribution in [0, 0.1) is 0 Å². The first-order chi connectivity index (χ1) is 5.75. The molecule has 1 heterocycles. The molecule has 0 aromatic carbocycles. The molecule has 66 valence electrons. The molecule has 4 nitrogen and oxygen atoms in total. The predicted octanol–water partition coefficient (Wildman–Crippen LogP) is 1.70. The van der Waals surface area contributed by atoms with Gasteiger partial charge < -0.3 is 4.74 Å². The Morgan fingerprint density at radius 3 is 3.00 bits per heavy atom. The fraction of sp³-hybridized carbons (Fsp3) is 0.400. The van der Waals surface area contributed by atoms with Gasteiger partial charge in [0.1, 0.15) is 10.4 Å². The van der Waals surface area contributed by atoms with Gasteiger partial charge in [0.05, 0.1) is 5.88 Å². The Hall–Kier alpha value is -0.200. The second kappa shape index (κ2) is 4.74. The Balaban J connectivity index is 2.59. The number of hydrogen-bond donors (Lipinski definition) is 0. The van der Waals surface area contributed by atoms with E-state index in [0.29, 0.717) is 3.79 Å². The van der Waals surface area contributed by atoms with Crippen molar-refractivity contribution >= 4 is 45.0 Å². The van der Waals surface area contributed by atoms with Gasteiger partial charge in [-0.3, -0.25) is 0 Å². The van der Waals surface area contributed by atoms with Crippen LogP contribution in [-0.2, 0) is 4.74 Å². The van der Waals surface area contributed by atoms with Crippen molar-refractivity contribution in [3.8, 4) is 0 Å². The normalized spacial score (nSPS) is 9.83. The van der Waals surface area contributed by atoms with Crippen LogP contribution < -0.4 is 0 Å². The first kappa shape index (κ1) is 9.88. The summed E-state index contributed by atoms with van der Waals surface area (Å²) in [5.74, 6) is -0.225. The molecular weight excluding hydrogens is 267 g/mol. The summed E-state index contributed by atoms with van der Waals surface area (Å²) in [5.41, 5.74) is 0.199. The molecule has 0 aliphatic rings. The Labute approximate surface area is 86.2 Å². The van der Waals surface area contributed by atoms with E-state index in [2.05, 4.69) is 25.5 Å². The van der Waals surface area contributed by atoms with Crippen LogP contribution >= 0.6 is 39.1 Å². The third-order valence-electron chi connectivity index (χ3n) is 0.952. The van der Waals surface area contributed by atoms with Gasteiger partial charge in [-0.25, -0.2) is 4.79 Å². The molecule has 0 N–H and O–H groups in total. The third kappa shape index (κ3) is 2.40. The Morgan fingerprint density at radius 1 is 1.75 bits per heavy atom. The molecule has 0 fully saturated rings. The number of nitrogens with zero attached hydrogens (tertiary/aromatic N) is 2. The van der Waals surface area contributed by atoms with E-state index in [1.807, 2.05) is 0 Å². The van der Waals surface area contributed by atoms with Crippen molar-refractivity contribution in [3.05, 3.63) is 9.48 Å². The van der Waals surface area contributed by atoms with E-state index in [-0.39, 0.29) is 18.2 Å². The largest absolute Gasteiger partial charge is 0.460 e. The number of hydrogen-bond acceptors (Lipinski definition) is 5. The Bertz CT molecular complexity index is 280. The van der Waals surface area contributed by atoms with E-state index in [9.17, 15) is 4.79 Å². The van der Waals surface area contributed by atoms with Gasteiger partial charge in [-0.05, 0) is 27.5 Å². The summed E-state index contributed by atoms with van der Waals surface area (Å²) in [6.07, 6.45) is 0. The zero-order valence-electron chi connectivity index (χ0n) is 5.79. The van der Waals surface area contributed by atoms with E-state index in [1.165, 1.54) is 0 Å². The third-order valence-corrected chi connectivity index (χ3v) is 2.43. The lowest BCUT2D eigenvalue weighted by atomic mass is 10.5. The minimum absolute atomic E-state index is 0.185. The van der Waals surface area contributed by atoms with Crippen LogP contribution in [0.15, 0.2) is 3.79 Å². The van der Waals surface area contributed by atoms with Gasteiger partial charge in [0.25, 0.3) is 0 Å². The predicted molar refractivity (Wildman–Crippen MR) is 48.6 cm³/mol. The van der Waals surface area contributed by atoms with Crippen molar-refractivity contribution < 1.29 is 9.53 Å². The van der Waals surface area contributed by atoms with Crippen LogP contribution in [0.2, 0.25) is 0 Å². The maximum absolute atomic E-state index is 11.1. The van der Waals surface area contributed by atoms with E-state index < -0.39 is 5.97 Å². The highest BCUT2D eigenvalue weighted by atomic mass is 79.9. The summed E-state index contributed by atoms with van der Waals surface area (Å²) < 4.78 is 8.85. The highest BCUT2D eigenvalue weighted by molar-refractivity contribution is 9.11. The molecular formula is C5H4BrClN2O2S. The van der Waals surface area contributed by atoms with Gasteiger partial charge in [-0.15, -0.1) is 16.7 Å². The molecule has 1 rings (SSSR count). The standard InChI is InChI=1S/C5H4BrClN2O2S/c6-4-3(8-9-12-4)5(10)11-2-1-7/h1-2H2. The average molecular weight is 272 g/mol. The molecule has 12 heavy (non-hydrogen) atoms. The van der Waals surface area contributed by atoms with Crippen LogP contribution in [0.1, 0.15) is 10.5 Å². The van der Waals surface area contributed by atoms with Gasteiger partial charge in [-0.1, -0.05) is 4.49 Å². The first-order valence-electron chi connectivity index (χ1n) is 2.96. The summed E-state index contributed by atoms with van der Waals surface area (Å²) in [4.78, 5) is 11.1. The van der Waals surface area contributed by atoms with Gasteiger partial charge in [0.2, 0.25) is 0 Å². The van der Waals surface area contributed by atoms with Crippen LogP contribution in [0.4, 0.5) is 0 Å². The summed E-state index contributed by atoms with van der Waals surface area (Å²) in [6, 6.07) is 0. The molecule has 0 saturated carbocycles. The second-order valence-corrected chi connectivity index (χ2v) is 4.17. The number of ether oxygens (including phenoxy) is 1. The first-order valence-corrected chi connectivity index (χ1v) is 5.06. The number of alkyl halides is 1. The smallest absolute Gasteiger partial charge is 0.361 e. The Kier molecular flexibility index (Phi) is 3.90. The van der Waals surface area contributed by atoms with Crippen molar-refractivity contribution in [3.63, 3.8) is 0 Å². The minimum atomic E-state index is -0.503. The molecule has 0 spiro atoms. The minimum Gasteiger partial charge on any atom is -0.460 e. The summed E-state index contributed by atoms with van der Waals surface area (Å²) in [5, 5.41) is 3.57. The average Bonchev–Trinajstić information content (AvgIpc) is 2.47. The molecule has 0 radical (unpaired) electrons. The lowest BCUT2D eigenvalue weighted by Crippen LogP contribution is -2.08. The molecule has 1 aromatic heterocycles. The summed E-state index contributed by atoms with van der Waals surface area (Å²) in [7, 11) is 0. The zero-order chi connectivity index (χ0) is 8.97. The zero-order valence-corrected chi connectivity index (χ0v) is 8.95. The fourth-order valence-electron chi connectivity index (χ4n) is 0.500. The highest BCUT2D eigenvalue weighted by Crippen LogP contribution is 2.18. The molecule has 0 amide bonds. The van der Waals surface area contributed by atoms with E-state index in [4.69, 9.17) is 16.3 Å². The van der Waals surface area contributed by atoms with Crippen molar-refractivity contribution in [2.45, 2.75) is 0 Å². The van der Waals surface area contributed by atoms with Gasteiger partial charge in [0.15, 0.2) is 5.69 Å². The SMILES string of the molecule is O=C(OCCCl)c1nnsc1Br. The number of esters is 1. The number of carbonyl (C=O) groups is 1. The molecule has 0 aliphatic heterocycles. The molecule has 7 heteroatoms. The van der Waals surface area contributed by atoms with Crippen LogP contribution in [0.25, 0.3) is 0 Å². The second-order valence-electron chi connectivity index (χ2n) is 1.72. The fourth-order valence-corrected chi connectivity index (χ4v) is 1.42. The number of halogens is 2. The molecule has 0 bridgehead atoms. The quantitative estimate of drug-likeness (QED) is 0.620. The van der Waals surface area contributed by atoms with E-state index in [1.54, 1.807) is 0 Å². The van der Waals surface area contributed by atoms with Crippen LogP contribution in [0.3, 0.4) is 0 Å². The van der Waals surface area contributed by atoms with Crippen LogP contribution in [-0.4, -0.2) is 28.0 Å². The van der Waals surface area contributed by atoms with Crippen molar-refractivity contribution in [1.29, 1.82) is 0 Å². The van der Waals surface area contributed by atoms with Crippen molar-refractivity contribution in [1.82, 2.24) is 9.59 Å². The summed E-state index contributed by atoms with van der Waals surface area (Å²) in [6.45, 7) is 0.185. The van der Waals surface area contributed by atoms with Gasteiger partial charge in [0, 0.05) is 0 Å². The van der Waals surface area contributed by atoms with E-state index in [0.717, 1.165) is 11.5 Å². The van der Waals surface area contributed by atoms with Gasteiger partial charge in [-0.2, -0.15) is 0 Å². The molecule has 1 aromatic rings. The molecule has 0 aliphatic carbocycles. The number of aromatic nitrogens is 2. The maximum Gasteiger partial charge on any atom is 0.361 e. The monoisotopic (exact) mass is 270 g/mol. The highest BCUT2D eigenvalue weighted by Gasteiger charge is 2.15. The van der Waals surface area contributed by atoms with Crippen LogP contribution in [0.5, 0.6) is 0 Å². The van der Waals surface area contributed by atoms with E-state index >= 15 is 0 Å². The summed E-state index contributed by atoms with van der Waals surface area (Å²) >= 11 is 9.53. The van der Waals surface area contributed by atoms with Crippen molar-refractivity contribution in [2.24, 2.45) is 0 Å². The lowest BCUT2D eigenvalue weighted by molar-refractivity contribution is 0.0521.